The Bertz CT molecular complexity index is 242. The molecule has 1 saturated heterocycles. The van der Waals surface area contributed by atoms with Gasteiger partial charge in [-0.1, -0.05) is 30.3 Å². The summed E-state index contributed by atoms with van der Waals surface area (Å²) in [6, 6.07) is 11.4. The number of hydrogen-bond donors (Lipinski definition) is 1. The summed E-state index contributed by atoms with van der Waals surface area (Å²) in [6.45, 7) is 1.17. The normalized spacial score (nSPS) is 22.9. The third kappa shape index (κ3) is 2.75. The molecule has 0 saturated carbocycles. The first-order valence-electron chi connectivity index (χ1n) is 4.80. The fourth-order valence-electron chi connectivity index (χ4n) is 1.65. The van der Waals surface area contributed by atoms with E-state index in [9.17, 15) is 0 Å². The molecule has 0 radical (unpaired) electrons. The number of nitrogens with one attached hydrogen (secondary N) is 1. The van der Waals surface area contributed by atoms with E-state index >= 15 is 0 Å². The highest BCUT2D eigenvalue weighted by molar-refractivity contribution is 7.99. The van der Waals surface area contributed by atoms with Gasteiger partial charge in [0.25, 0.3) is 0 Å². The lowest BCUT2D eigenvalue weighted by Crippen LogP contribution is -2.38. The molecule has 1 aliphatic rings. The predicted molar refractivity (Wildman–Crippen MR) is 59.3 cm³/mol. The van der Waals surface area contributed by atoms with Crippen LogP contribution in [0.2, 0.25) is 0 Å². The molecule has 1 N–H and O–H groups in total. The molecule has 0 aliphatic carbocycles. The molecule has 0 aromatic heterocycles. The second kappa shape index (κ2) is 4.68. The first-order valence-corrected chi connectivity index (χ1v) is 5.96. The molecule has 1 aliphatic heterocycles. The molecule has 70 valence electrons. The van der Waals surface area contributed by atoms with Crippen LogP contribution in [0.3, 0.4) is 0 Å². The minimum atomic E-state index is 0.682. The molecule has 0 spiro atoms. The Hall–Kier alpha value is -0.470. The first-order chi connectivity index (χ1) is 6.45. The largest absolute Gasteiger partial charge is 0.312 e. The van der Waals surface area contributed by atoms with Gasteiger partial charge in [-0.15, -0.1) is 0 Å². The summed E-state index contributed by atoms with van der Waals surface area (Å²) in [5.41, 5.74) is 1.45. The van der Waals surface area contributed by atoms with Crippen molar-refractivity contribution in [3.05, 3.63) is 35.9 Å². The van der Waals surface area contributed by atoms with Crippen LogP contribution in [0.25, 0.3) is 0 Å². The van der Waals surface area contributed by atoms with Crippen molar-refractivity contribution < 1.29 is 0 Å². The van der Waals surface area contributed by atoms with Crippen molar-refractivity contribution in [1.29, 1.82) is 0 Å². The van der Waals surface area contributed by atoms with Crippen LogP contribution in [0.5, 0.6) is 0 Å². The Kier molecular flexibility index (Phi) is 3.27. The van der Waals surface area contributed by atoms with Gasteiger partial charge in [0.2, 0.25) is 0 Å². The molecule has 0 bridgehead atoms. The molecular formula is C11H15NS. The summed E-state index contributed by atoms with van der Waals surface area (Å²) in [7, 11) is 0. The van der Waals surface area contributed by atoms with Crippen molar-refractivity contribution >= 4 is 11.8 Å². The van der Waals surface area contributed by atoms with Crippen molar-refractivity contribution in [2.75, 3.05) is 18.1 Å². The van der Waals surface area contributed by atoms with Gasteiger partial charge in [0.15, 0.2) is 0 Å². The molecule has 1 nitrogen and oxygen atoms in total. The molecular weight excluding hydrogens is 178 g/mol. The molecule has 1 fully saturated rings. The monoisotopic (exact) mass is 193 g/mol. The Morgan fingerprint density at radius 1 is 1.31 bits per heavy atom. The van der Waals surface area contributed by atoms with Crippen LogP contribution >= 0.6 is 11.8 Å². The molecule has 1 heterocycles. The van der Waals surface area contributed by atoms with Crippen LogP contribution in [0, 0.1) is 0 Å². The Morgan fingerprint density at radius 3 is 2.85 bits per heavy atom. The lowest BCUT2D eigenvalue weighted by molar-refractivity contribution is 0.563. The third-order valence-electron chi connectivity index (χ3n) is 2.32. The lowest BCUT2D eigenvalue weighted by atomic mass is 10.1. The number of hydrogen-bond acceptors (Lipinski definition) is 2. The van der Waals surface area contributed by atoms with E-state index in [1.165, 1.54) is 30.0 Å². The van der Waals surface area contributed by atoms with E-state index in [1.807, 2.05) is 0 Å². The van der Waals surface area contributed by atoms with Gasteiger partial charge in [0.05, 0.1) is 0 Å². The van der Waals surface area contributed by atoms with E-state index in [0.29, 0.717) is 6.04 Å². The third-order valence-corrected chi connectivity index (χ3v) is 3.45. The predicted octanol–water partition coefficient (Wildman–Crippen LogP) is 1.93. The number of thioether (sulfide) groups is 1. The average Bonchev–Trinajstić information content (AvgIpc) is 2.21. The van der Waals surface area contributed by atoms with Gasteiger partial charge in [-0.05, 0) is 12.0 Å². The van der Waals surface area contributed by atoms with E-state index in [0.717, 1.165) is 0 Å². The zero-order valence-corrected chi connectivity index (χ0v) is 8.52. The quantitative estimate of drug-likeness (QED) is 0.770. The van der Waals surface area contributed by atoms with Gasteiger partial charge in [0, 0.05) is 24.1 Å². The minimum absolute atomic E-state index is 0.682. The fraction of sp³-hybridized carbons (Fsp3) is 0.455. The molecule has 0 unspecified atom stereocenters. The van der Waals surface area contributed by atoms with Gasteiger partial charge in [-0.2, -0.15) is 11.8 Å². The van der Waals surface area contributed by atoms with Crippen molar-refractivity contribution in [2.45, 2.75) is 12.5 Å². The van der Waals surface area contributed by atoms with Crippen LogP contribution in [0.15, 0.2) is 30.3 Å². The molecule has 0 amide bonds. The van der Waals surface area contributed by atoms with Crippen molar-refractivity contribution in [1.82, 2.24) is 5.32 Å². The van der Waals surface area contributed by atoms with Gasteiger partial charge in [-0.3, -0.25) is 0 Å². The highest BCUT2D eigenvalue weighted by Gasteiger charge is 2.12. The Morgan fingerprint density at radius 2 is 2.15 bits per heavy atom. The summed E-state index contributed by atoms with van der Waals surface area (Å²) >= 11 is 2.06. The van der Waals surface area contributed by atoms with E-state index in [2.05, 4.69) is 47.4 Å². The Labute approximate surface area is 83.9 Å². The van der Waals surface area contributed by atoms with Crippen LogP contribution in [0.4, 0.5) is 0 Å². The smallest absolute Gasteiger partial charge is 0.0198 e. The highest BCUT2D eigenvalue weighted by Crippen LogP contribution is 2.12. The number of rotatable bonds is 2. The molecule has 1 aromatic rings. The summed E-state index contributed by atoms with van der Waals surface area (Å²) in [5.74, 6) is 2.53. The molecule has 2 heteroatoms. The fourth-order valence-corrected chi connectivity index (χ4v) is 2.60. The average molecular weight is 193 g/mol. The summed E-state index contributed by atoms with van der Waals surface area (Å²) < 4.78 is 0. The summed E-state index contributed by atoms with van der Waals surface area (Å²) in [6.07, 6.45) is 1.17. The van der Waals surface area contributed by atoms with E-state index in [4.69, 9.17) is 0 Å². The standard InChI is InChI=1S/C11H15NS/c1-2-4-10(5-3-1)8-11-9-13-7-6-12-11/h1-5,11-12H,6-9H2/t11-/m1/s1. The second-order valence-corrected chi connectivity index (χ2v) is 4.57. The first kappa shape index (κ1) is 9.10. The molecule has 2 rings (SSSR count). The van der Waals surface area contributed by atoms with Crippen LogP contribution in [-0.4, -0.2) is 24.1 Å². The van der Waals surface area contributed by atoms with Crippen molar-refractivity contribution in [3.8, 4) is 0 Å². The highest BCUT2D eigenvalue weighted by atomic mass is 32.2. The molecule has 13 heavy (non-hydrogen) atoms. The van der Waals surface area contributed by atoms with Crippen LogP contribution < -0.4 is 5.32 Å². The molecule has 1 aromatic carbocycles. The van der Waals surface area contributed by atoms with Crippen molar-refractivity contribution in [2.24, 2.45) is 0 Å². The summed E-state index contributed by atoms with van der Waals surface area (Å²) in [4.78, 5) is 0. The van der Waals surface area contributed by atoms with E-state index in [-0.39, 0.29) is 0 Å². The van der Waals surface area contributed by atoms with E-state index < -0.39 is 0 Å². The maximum Gasteiger partial charge on any atom is 0.0198 e. The van der Waals surface area contributed by atoms with Crippen LogP contribution in [-0.2, 0) is 6.42 Å². The van der Waals surface area contributed by atoms with E-state index in [1.54, 1.807) is 0 Å². The second-order valence-electron chi connectivity index (χ2n) is 3.42. The zero-order chi connectivity index (χ0) is 8.93. The topological polar surface area (TPSA) is 12.0 Å². The molecule has 1 atom stereocenters. The lowest BCUT2D eigenvalue weighted by Gasteiger charge is -2.22. The van der Waals surface area contributed by atoms with Gasteiger partial charge in [0.1, 0.15) is 0 Å². The minimum Gasteiger partial charge on any atom is -0.312 e. The number of benzene rings is 1. The van der Waals surface area contributed by atoms with Gasteiger partial charge in [-0.25, -0.2) is 0 Å². The van der Waals surface area contributed by atoms with Crippen LogP contribution in [0.1, 0.15) is 5.56 Å². The van der Waals surface area contributed by atoms with Gasteiger partial charge >= 0.3 is 0 Å². The maximum atomic E-state index is 3.55. The Balaban J connectivity index is 1.90. The summed E-state index contributed by atoms with van der Waals surface area (Å²) in [5, 5.41) is 3.55. The maximum absolute atomic E-state index is 3.55. The SMILES string of the molecule is c1ccc(C[C@@H]2CSCCN2)cc1. The zero-order valence-electron chi connectivity index (χ0n) is 7.70. The van der Waals surface area contributed by atoms with Crippen molar-refractivity contribution in [3.63, 3.8) is 0 Å². The van der Waals surface area contributed by atoms with Gasteiger partial charge < -0.3 is 5.32 Å².